The van der Waals surface area contributed by atoms with Crippen molar-refractivity contribution in [2.45, 2.75) is 6.92 Å². The lowest BCUT2D eigenvalue weighted by Crippen LogP contribution is -2.49. The van der Waals surface area contributed by atoms with E-state index in [4.69, 9.17) is 11.6 Å². The summed E-state index contributed by atoms with van der Waals surface area (Å²) in [7, 11) is -3.17. The van der Waals surface area contributed by atoms with Gasteiger partial charge in [-0.05, 0) is 36.8 Å². The molecule has 3 aromatic rings. The number of nitrogens with zero attached hydrogens (tertiary/aromatic N) is 4. The quantitative estimate of drug-likeness (QED) is 0.670. The van der Waals surface area contributed by atoms with Crippen LogP contribution in [0.4, 0.5) is 5.82 Å². The molecule has 0 saturated carbocycles. The first-order valence-electron chi connectivity index (χ1n) is 9.47. The number of halogens is 1. The standard InChI is InChI=1S/C20H22ClN5O2S/c1-2-29(27,28)26-13-11-25(12-14-26)20-18(15-7-9-22-10-8-15)19(23-24-20)16-3-5-17(21)6-4-16/h3-10H,2,11-14H2,1H3,(H,23,24). The molecule has 9 heteroatoms. The van der Waals surface area contributed by atoms with Crippen molar-refractivity contribution in [1.29, 1.82) is 0 Å². The van der Waals surface area contributed by atoms with Crippen molar-refractivity contribution >= 4 is 27.4 Å². The number of aromatic amines is 1. The average molecular weight is 432 g/mol. The molecule has 152 valence electrons. The molecule has 29 heavy (non-hydrogen) atoms. The van der Waals surface area contributed by atoms with E-state index in [0.29, 0.717) is 31.2 Å². The van der Waals surface area contributed by atoms with Gasteiger partial charge in [-0.3, -0.25) is 10.1 Å². The largest absolute Gasteiger partial charge is 0.352 e. The number of rotatable bonds is 5. The smallest absolute Gasteiger partial charge is 0.213 e. The lowest BCUT2D eigenvalue weighted by molar-refractivity contribution is 0.384. The predicted octanol–water partition coefficient (Wildman–Crippen LogP) is 3.26. The van der Waals surface area contributed by atoms with E-state index in [-0.39, 0.29) is 5.75 Å². The van der Waals surface area contributed by atoms with Gasteiger partial charge in [0.05, 0.1) is 17.0 Å². The maximum absolute atomic E-state index is 12.2. The van der Waals surface area contributed by atoms with Gasteiger partial charge in [-0.1, -0.05) is 23.7 Å². The number of H-pyrrole nitrogens is 1. The number of sulfonamides is 1. The highest BCUT2D eigenvalue weighted by molar-refractivity contribution is 7.89. The van der Waals surface area contributed by atoms with Crippen molar-refractivity contribution in [2.75, 3.05) is 36.8 Å². The molecular weight excluding hydrogens is 410 g/mol. The highest BCUT2D eigenvalue weighted by Crippen LogP contribution is 2.38. The summed E-state index contributed by atoms with van der Waals surface area (Å²) >= 11 is 6.05. The molecule has 2 aromatic heterocycles. The second kappa shape index (κ2) is 8.14. The van der Waals surface area contributed by atoms with Crippen LogP contribution in [0, 0.1) is 0 Å². The number of nitrogens with one attached hydrogen (secondary N) is 1. The van der Waals surface area contributed by atoms with Crippen LogP contribution < -0.4 is 4.90 Å². The van der Waals surface area contributed by atoms with Gasteiger partial charge in [0.25, 0.3) is 0 Å². The number of hydrogen-bond donors (Lipinski definition) is 1. The number of piperazine rings is 1. The van der Waals surface area contributed by atoms with Gasteiger partial charge in [-0.25, -0.2) is 8.42 Å². The summed E-state index contributed by atoms with van der Waals surface area (Å²) in [6.45, 7) is 3.75. The molecule has 1 fully saturated rings. The fourth-order valence-corrected chi connectivity index (χ4v) is 4.75. The Morgan fingerprint density at radius 1 is 1.00 bits per heavy atom. The third kappa shape index (κ3) is 4.01. The molecule has 0 amide bonds. The Morgan fingerprint density at radius 2 is 1.66 bits per heavy atom. The van der Waals surface area contributed by atoms with Crippen molar-refractivity contribution in [3.05, 3.63) is 53.8 Å². The van der Waals surface area contributed by atoms with E-state index in [2.05, 4.69) is 20.1 Å². The van der Waals surface area contributed by atoms with Crippen LogP contribution in [0.15, 0.2) is 48.8 Å². The Balaban J connectivity index is 1.71. The highest BCUT2D eigenvalue weighted by atomic mass is 35.5. The minimum Gasteiger partial charge on any atom is -0.352 e. The molecule has 0 radical (unpaired) electrons. The van der Waals surface area contributed by atoms with E-state index < -0.39 is 10.0 Å². The van der Waals surface area contributed by atoms with Crippen molar-refractivity contribution in [3.8, 4) is 22.4 Å². The zero-order valence-electron chi connectivity index (χ0n) is 16.0. The van der Waals surface area contributed by atoms with Gasteiger partial charge < -0.3 is 4.90 Å². The molecule has 0 atom stereocenters. The summed E-state index contributed by atoms with van der Waals surface area (Å²) in [6, 6.07) is 11.5. The van der Waals surface area contributed by atoms with Crippen molar-refractivity contribution in [1.82, 2.24) is 19.5 Å². The lowest BCUT2D eigenvalue weighted by Gasteiger charge is -2.34. The first kappa shape index (κ1) is 19.9. The van der Waals surface area contributed by atoms with E-state index in [1.165, 1.54) is 0 Å². The van der Waals surface area contributed by atoms with Crippen LogP contribution in [-0.2, 0) is 10.0 Å². The molecule has 0 spiro atoms. The normalized spacial score (nSPS) is 15.6. The average Bonchev–Trinajstić information content (AvgIpc) is 3.20. The molecule has 1 saturated heterocycles. The first-order valence-corrected chi connectivity index (χ1v) is 11.5. The maximum atomic E-state index is 12.2. The van der Waals surface area contributed by atoms with Gasteiger partial charge in [0.2, 0.25) is 10.0 Å². The molecule has 7 nitrogen and oxygen atoms in total. The minimum absolute atomic E-state index is 0.123. The molecule has 0 aliphatic carbocycles. The van der Waals surface area contributed by atoms with E-state index >= 15 is 0 Å². The van der Waals surface area contributed by atoms with Gasteiger partial charge >= 0.3 is 0 Å². The number of hydrogen-bond acceptors (Lipinski definition) is 5. The van der Waals surface area contributed by atoms with Crippen molar-refractivity contribution in [2.24, 2.45) is 0 Å². The van der Waals surface area contributed by atoms with Crippen molar-refractivity contribution in [3.63, 3.8) is 0 Å². The highest BCUT2D eigenvalue weighted by Gasteiger charge is 2.29. The minimum atomic E-state index is -3.17. The third-order valence-corrected chi connectivity index (χ3v) is 7.28. The summed E-state index contributed by atoms with van der Waals surface area (Å²) in [5.41, 5.74) is 3.84. The monoisotopic (exact) mass is 431 g/mol. The van der Waals surface area contributed by atoms with E-state index in [1.807, 2.05) is 36.4 Å². The number of anilines is 1. The molecular formula is C20H22ClN5O2S. The maximum Gasteiger partial charge on any atom is 0.213 e. The van der Waals surface area contributed by atoms with Crippen LogP contribution in [0.25, 0.3) is 22.4 Å². The van der Waals surface area contributed by atoms with Crippen LogP contribution in [-0.4, -0.2) is 59.8 Å². The topological polar surface area (TPSA) is 82.2 Å². The molecule has 1 aliphatic heterocycles. The van der Waals surface area contributed by atoms with Crippen LogP contribution in [0.5, 0.6) is 0 Å². The summed E-state index contributed by atoms with van der Waals surface area (Å²) in [5, 5.41) is 8.45. The van der Waals surface area contributed by atoms with Gasteiger partial charge in [0.15, 0.2) is 5.82 Å². The fourth-order valence-electron chi connectivity index (χ4n) is 3.54. The third-order valence-electron chi connectivity index (χ3n) is 5.15. The molecule has 0 bridgehead atoms. The Kier molecular flexibility index (Phi) is 5.58. The zero-order chi connectivity index (χ0) is 20.4. The van der Waals surface area contributed by atoms with Gasteiger partial charge in [-0.2, -0.15) is 9.40 Å². The van der Waals surface area contributed by atoms with Crippen LogP contribution >= 0.6 is 11.6 Å². The molecule has 0 unspecified atom stereocenters. The Morgan fingerprint density at radius 3 is 2.28 bits per heavy atom. The Bertz CT molecular complexity index is 1080. The number of pyridine rings is 1. The van der Waals surface area contributed by atoms with Gasteiger partial charge in [-0.15, -0.1) is 0 Å². The molecule has 1 N–H and O–H groups in total. The first-order chi connectivity index (χ1) is 14.0. The summed E-state index contributed by atoms with van der Waals surface area (Å²) < 4.78 is 25.9. The molecule has 1 aliphatic rings. The van der Waals surface area contributed by atoms with Gasteiger partial charge in [0.1, 0.15) is 0 Å². The fraction of sp³-hybridized carbons (Fsp3) is 0.300. The van der Waals surface area contributed by atoms with Crippen molar-refractivity contribution < 1.29 is 8.42 Å². The summed E-state index contributed by atoms with van der Waals surface area (Å²) in [4.78, 5) is 6.26. The van der Waals surface area contributed by atoms with E-state index in [9.17, 15) is 8.42 Å². The van der Waals surface area contributed by atoms with Crippen LogP contribution in [0.2, 0.25) is 5.02 Å². The van der Waals surface area contributed by atoms with Crippen LogP contribution in [0.3, 0.4) is 0 Å². The van der Waals surface area contributed by atoms with Gasteiger partial charge in [0, 0.05) is 49.2 Å². The summed E-state index contributed by atoms with van der Waals surface area (Å²) in [5.74, 6) is 0.938. The van der Waals surface area contributed by atoms with Crippen LogP contribution in [0.1, 0.15) is 6.92 Å². The Hall–Kier alpha value is -2.42. The second-order valence-corrected chi connectivity index (χ2v) is 9.52. The van der Waals surface area contributed by atoms with E-state index in [0.717, 1.165) is 28.2 Å². The number of aromatic nitrogens is 3. The molecule has 3 heterocycles. The molecule has 1 aromatic carbocycles. The lowest BCUT2D eigenvalue weighted by atomic mass is 10.0. The predicted molar refractivity (Wildman–Crippen MR) is 116 cm³/mol. The second-order valence-electron chi connectivity index (χ2n) is 6.83. The number of benzene rings is 1. The SMILES string of the molecule is CCS(=O)(=O)N1CCN(c2n[nH]c(-c3ccc(Cl)cc3)c2-c2ccncc2)CC1. The Labute approximate surface area is 175 Å². The zero-order valence-corrected chi connectivity index (χ0v) is 17.6. The summed E-state index contributed by atoms with van der Waals surface area (Å²) in [6.07, 6.45) is 3.51. The van der Waals surface area contributed by atoms with E-state index in [1.54, 1.807) is 23.6 Å². The molecule has 4 rings (SSSR count).